The van der Waals surface area contributed by atoms with E-state index in [9.17, 15) is 53.7 Å². The number of nitrogens with zero attached hydrogens (tertiary/aromatic N) is 2. The van der Waals surface area contributed by atoms with Crippen LogP contribution in [-0.2, 0) is 44.8 Å². The molecule has 0 aliphatic carbocycles. The SMILES string of the molecule is CC[C@H](C)[C@H](NC(=O)CN)C(=O)N1CCC[C@H]1C(=O)N[C@@H](CC(=O)O)C(=O)N[C@@H](Cc1ccccc1)C(=O)N[C@@H](CCCN=C(N)N)C(=O)N[C@@H](CO)C(=O)O. The number of aliphatic hydroxyl groups excluding tert-OH is 1. The van der Waals surface area contributed by atoms with Crippen LogP contribution in [-0.4, -0.2) is 136 Å². The second-order valence-electron chi connectivity index (χ2n) is 13.3. The fourth-order valence-electron chi connectivity index (χ4n) is 5.88. The molecule has 1 aromatic carbocycles. The molecule has 0 unspecified atom stereocenters. The molecule has 1 heterocycles. The van der Waals surface area contributed by atoms with Gasteiger partial charge in [0.05, 0.1) is 19.6 Å². The zero-order chi connectivity index (χ0) is 41.9. The fourth-order valence-corrected chi connectivity index (χ4v) is 5.88. The van der Waals surface area contributed by atoms with Crippen LogP contribution in [0.15, 0.2) is 35.3 Å². The van der Waals surface area contributed by atoms with Crippen molar-refractivity contribution in [2.75, 3.05) is 26.2 Å². The molecule has 21 nitrogen and oxygen atoms in total. The van der Waals surface area contributed by atoms with Gasteiger partial charge in [0.15, 0.2) is 5.96 Å². The van der Waals surface area contributed by atoms with Crippen LogP contribution in [0.3, 0.4) is 0 Å². The summed E-state index contributed by atoms with van der Waals surface area (Å²) in [6.07, 6.45) is 0.0468. The van der Waals surface area contributed by atoms with Crippen LogP contribution >= 0.6 is 0 Å². The van der Waals surface area contributed by atoms with E-state index in [0.29, 0.717) is 18.4 Å². The largest absolute Gasteiger partial charge is 0.481 e. The Balaban J connectivity index is 2.37. The molecule has 21 heteroatoms. The van der Waals surface area contributed by atoms with Gasteiger partial charge in [-0.15, -0.1) is 0 Å². The van der Waals surface area contributed by atoms with E-state index in [1.54, 1.807) is 37.3 Å². The van der Waals surface area contributed by atoms with Gasteiger partial charge in [0.2, 0.25) is 35.4 Å². The highest BCUT2D eigenvalue weighted by Gasteiger charge is 2.41. The van der Waals surface area contributed by atoms with E-state index in [1.807, 2.05) is 6.92 Å². The van der Waals surface area contributed by atoms with E-state index in [1.165, 1.54) is 4.90 Å². The van der Waals surface area contributed by atoms with Crippen LogP contribution < -0.4 is 43.8 Å². The van der Waals surface area contributed by atoms with Gasteiger partial charge in [-0.1, -0.05) is 50.6 Å². The molecular weight excluding hydrogens is 736 g/mol. The summed E-state index contributed by atoms with van der Waals surface area (Å²) in [5, 5.41) is 40.6. The van der Waals surface area contributed by atoms with Crippen molar-refractivity contribution >= 4 is 53.3 Å². The lowest BCUT2D eigenvalue weighted by Gasteiger charge is -2.32. The van der Waals surface area contributed by atoms with E-state index in [4.69, 9.17) is 17.2 Å². The molecule has 1 saturated heterocycles. The number of carbonyl (C=O) groups is 8. The average Bonchev–Trinajstić information content (AvgIpc) is 3.66. The topological polar surface area (TPSA) is 351 Å². The van der Waals surface area contributed by atoms with E-state index >= 15 is 0 Å². The number of carboxylic acids is 2. The number of carbonyl (C=O) groups excluding carboxylic acids is 6. The first-order valence-corrected chi connectivity index (χ1v) is 18.2. The number of carboxylic acid groups (broad SMARTS) is 2. The van der Waals surface area contributed by atoms with Crippen molar-refractivity contribution in [1.82, 2.24) is 31.5 Å². The van der Waals surface area contributed by atoms with Crippen LogP contribution in [0.1, 0.15) is 57.9 Å². The number of nitrogens with one attached hydrogen (secondary N) is 5. The Labute approximate surface area is 323 Å². The summed E-state index contributed by atoms with van der Waals surface area (Å²) in [6, 6.07) is -0.0575. The molecule has 6 amide bonds. The summed E-state index contributed by atoms with van der Waals surface area (Å²) in [5.41, 5.74) is 16.7. The van der Waals surface area contributed by atoms with E-state index in [-0.39, 0.29) is 57.2 Å². The number of hydrogen-bond donors (Lipinski definition) is 11. The van der Waals surface area contributed by atoms with E-state index in [0.717, 1.165) is 0 Å². The number of amides is 6. The molecule has 56 heavy (non-hydrogen) atoms. The van der Waals surface area contributed by atoms with Gasteiger partial charge in [0.25, 0.3) is 0 Å². The van der Waals surface area contributed by atoms with Crippen molar-refractivity contribution in [2.24, 2.45) is 28.1 Å². The number of guanidine groups is 1. The van der Waals surface area contributed by atoms with Gasteiger partial charge in [0.1, 0.15) is 36.3 Å². The molecule has 1 aliphatic heterocycles. The van der Waals surface area contributed by atoms with Crippen LogP contribution in [0.25, 0.3) is 0 Å². The highest BCUT2D eigenvalue weighted by Crippen LogP contribution is 2.22. The summed E-state index contributed by atoms with van der Waals surface area (Å²) >= 11 is 0. The molecule has 0 bridgehead atoms. The normalized spacial score (nSPS) is 16.8. The van der Waals surface area contributed by atoms with Gasteiger partial charge in [-0.05, 0) is 37.2 Å². The Morgan fingerprint density at radius 3 is 2.05 bits per heavy atom. The zero-order valence-corrected chi connectivity index (χ0v) is 31.4. The molecule has 1 aliphatic rings. The Morgan fingerprint density at radius 1 is 0.875 bits per heavy atom. The molecule has 0 spiro atoms. The highest BCUT2D eigenvalue weighted by atomic mass is 16.4. The van der Waals surface area contributed by atoms with Crippen molar-refractivity contribution in [3.05, 3.63) is 35.9 Å². The number of benzene rings is 1. The van der Waals surface area contributed by atoms with E-state index < -0.39 is 96.7 Å². The fraction of sp³-hybridized carbons (Fsp3) is 0.571. The molecule has 2 rings (SSSR count). The van der Waals surface area contributed by atoms with Gasteiger partial charge >= 0.3 is 11.9 Å². The van der Waals surface area contributed by atoms with Crippen molar-refractivity contribution < 1.29 is 53.7 Å². The van der Waals surface area contributed by atoms with Crippen LogP contribution in [0.5, 0.6) is 0 Å². The predicted molar refractivity (Wildman–Crippen MR) is 200 cm³/mol. The number of aliphatic carboxylic acids is 2. The summed E-state index contributed by atoms with van der Waals surface area (Å²) in [6.45, 7) is 2.46. The van der Waals surface area contributed by atoms with Crippen molar-refractivity contribution in [1.29, 1.82) is 0 Å². The minimum absolute atomic E-state index is 0.0374. The number of aliphatic hydroxyl groups is 1. The lowest BCUT2D eigenvalue weighted by atomic mass is 9.97. The first-order chi connectivity index (χ1) is 26.5. The minimum Gasteiger partial charge on any atom is -0.481 e. The Bertz CT molecular complexity index is 1570. The van der Waals surface area contributed by atoms with Gasteiger partial charge in [-0.25, -0.2) is 4.79 Å². The molecule has 1 aromatic rings. The maximum absolute atomic E-state index is 13.8. The monoisotopic (exact) mass is 790 g/mol. The Hall–Kier alpha value is -5.83. The number of hydrogen-bond acceptors (Lipinski definition) is 11. The van der Waals surface area contributed by atoms with E-state index in [2.05, 4.69) is 31.6 Å². The smallest absolute Gasteiger partial charge is 0.328 e. The molecule has 310 valence electrons. The first-order valence-electron chi connectivity index (χ1n) is 18.2. The molecule has 0 radical (unpaired) electrons. The third-order valence-electron chi connectivity index (χ3n) is 9.12. The average molecular weight is 791 g/mol. The Kier molecular flexibility index (Phi) is 19.2. The van der Waals surface area contributed by atoms with Crippen molar-refractivity contribution in [3.63, 3.8) is 0 Å². The lowest BCUT2D eigenvalue weighted by molar-refractivity contribution is -0.144. The third kappa shape index (κ3) is 14.8. The molecular formula is C35H54N10O11. The van der Waals surface area contributed by atoms with Crippen LogP contribution in [0, 0.1) is 5.92 Å². The first kappa shape index (κ1) is 46.3. The van der Waals surface area contributed by atoms with Gasteiger partial charge < -0.3 is 64.0 Å². The highest BCUT2D eigenvalue weighted by molar-refractivity contribution is 5.98. The van der Waals surface area contributed by atoms with Crippen molar-refractivity contribution in [2.45, 2.75) is 95.0 Å². The Morgan fingerprint density at radius 2 is 1.48 bits per heavy atom. The number of nitrogens with two attached hydrogens (primary N) is 3. The van der Waals surface area contributed by atoms with Crippen molar-refractivity contribution in [3.8, 4) is 0 Å². The molecule has 7 atom stereocenters. The minimum atomic E-state index is -1.73. The number of likely N-dealkylation sites (tertiary alicyclic amines) is 1. The standard InChI is InChI=1S/C35H54N10O11/c1-3-19(2)28(44-26(47)17-36)33(54)45-14-8-12-25(45)32(53)42-23(16-27(48)49)31(52)41-22(15-20-9-5-4-6-10-20)30(51)40-21(11-7-13-39-35(37)38)29(50)43-24(18-46)34(55)56/h4-6,9-10,19,21-25,28,46H,3,7-8,11-18,36H2,1-2H3,(H,40,51)(H,41,52)(H,42,53)(H,43,50)(H,44,47)(H,48,49)(H,55,56)(H4,37,38,39)/t19-,21-,22-,23-,24-,25-,28-/m0/s1. The lowest BCUT2D eigenvalue weighted by Crippen LogP contribution is -2.60. The second kappa shape index (κ2) is 23.2. The maximum Gasteiger partial charge on any atom is 0.328 e. The quantitative estimate of drug-likeness (QED) is 0.0288. The summed E-state index contributed by atoms with van der Waals surface area (Å²) in [5.74, 6) is -8.46. The summed E-state index contributed by atoms with van der Waals surface area (Å²) in [4.78, 5) is 109. The van der Waals surface area contributed by atoms with Crippen LogP contribution in [0.4, 0.5) is 0 Å². The summed E-state index contributed by atoms with van der Waals surface area (Å²) in [7, 11) is 0. The zero-order valence-electron chi connectivity index (χ0n) is 31.4. The second-order valence-corrected chi connectivity index (χ2v) is 13.3. The van der Waals surface area contributed by atoms with Gasteiger partial charge in [-0.2, -0.15) is 0 Å². The van der Waals surface area contributed by atoms with Gasteiger partial charge in [-0.3, -0.25) is 38.6 Å². The number of rotatable bonds is 23. The third-order valence-corrected chi connectivity index (χ3v) is 9.12. The van der Waals surface area contributed by atoms with Gasteiger partial charge in [0, 0.05) is 19.5 Å². The molecule has 1 fully saturated rings. The predicted octanol–water partition coefficient (Wildman–Crippen LogP) is -3.75. The maximum atomic E-state index is 13.8. The van der Waals surface area contributed by atoms with Crippen LogP contribution in [0.2, 0.25) is 0 Å². The molecule has 0 aromatic heterocycles. The molecule has 0 saturated carbocycles. The molecule has 14 N–H and O–H groups in total. The summed E-state index contributed by atoms with van der Waals surface area (Å²) < 4.78 is 0. The number of aliphatic imine (C=N–C) groups is 1.